The van der Waals surface area contributed by atoms with Gasteiger partial charge in [-0.3, -0.25) is 0 Å². The maximum atomic E-state index is 6.80. The molecule has 0 saturated carbocycles. The van der Waals surface area contributed by atoms with Crippen LogP contribution >= 0.6 is 0 Å². The molecule has 4 aromatic heterocycles. The Morgan fingerprint density at radius 3 is 1.58 bits per heavy atom. The minimum atomic E-state index is 0.567. The lowest BCUT2D eigenvalue weighted by molar-refractivity contribution is 0.668. The molecule has 0 unspecified atom stereocenters. The van der Waals surface area contributed by atoms with Gasteiger partial charge in [0.15, 0.2) is 17.5 Å². The summed E-state index contributed by atoms with van der Waals surface area (Å²) in [5.41, 5.74) is 11.1. The van der Waals surface area contributed by atoms with Crippen LogP contribution in [0.2, 0.25) is 0 Å². The van der Waals surface area contributed by atoms with Crippen molar-refractivity contribution in [3.63, 3.8) is 0 Å². The van der Waals surface area contributed by atoms with Gasteiger partial charge >= 0.3 is 0 Å². The first-order chi connectivity index (χ1) is 28.3. The fourth-order valence-corrected chi connectivity index (χ4v) is 8.53. The van der Waals surface area contributed by atoms with E-state index < -0.39 is 0 Å². The van der Waals surface area contributed by atoms with Gasteiger partial charge in [0, 0.05) is 43.6 Å². The molecule has 6 heteroatoms. The molecule has 0 atom stereocenters. The molecular weight excluding hydrogens is 701 g/mol. The van der Waals surface area contributed by atoms with Crippen LogP contribution in [0.15, 0.2) is 191 Å². The number of benzene rings is 8. The van der Waals surface area contributed by atoms with E-state index in [1.165, 1.54) is 0 Å². The van der Waals surface area contributed by atoms with Crippen LogP contribution in [0, 0.1) is 0 Å². The highest BCUT2D eigenvalue weighted by atomic mass is 16.3. The van der Waals surface area contributed by atoms with E-state index in [1.54, 1.807) is 0 Å². The molecule has 0 amide bonds. The van der Waals surface area contributed by atoms with E-state index in [0.29, 0.717) is 17.5 Å². The molecular formula is C51H30N4O2. The van der Waals surface area contributed by atoms with Gasteiger partial charge in [0.1, 0.15) is 22.3 Å². The third kappa shape index (κ3) is 4.87. The van der Waals surface area contributed by atoms with Crippen molar-refractivity contribution in [2.45, 2.75) is 0 Å². The highest BCUT2D eigenvalue weighted by Gasteiger charge is 2.25. The summed E-state index contributed by atoms with van der Waals surface area (Å²) < 4.78 is 15.6. The molecule has 8 aromatic carbocycles. The maximum Gasteiger partial charge on any atom is 0.166 e. The standard InChI is InChI=1S/C51H30N4O2/c1-3-14-31(15-4-1)49-52-50(32-16-5-2-6-17-32)54-51(53-49)39-28-29-44-47(48(39)55-40-22-10-7-18-35(40)36-19-8-11-23-41(36)55)46-34(21-13-25-43(46)57-44)33-26-27-38-37-20-9-12-24-42(37)56-45(38)30-33/h1-30H. The van der Waals surface area contributed by atoms with E-state index in [9.17, 15) is 0 Å². The Balaban J connectivity index is 1.22. The van der Waals surface area contributed by atoms with Crippen molar-refractivity contribution in [3.05, 3.63) is 182 Å². The van der Waals surface area contributed by atoms with Crippen LogP contribution in [0.1, 0.15) is 0 Å². The molecule has 0 aliphatic heterocycles. The summed E-state index contributed by atoms with van der Waals surface area (Å²) in [5, 5.41) is 6.48. The molecule has 0 aliphatic rings. The Labute approximate surface area is 325 Å². The minimum Gasteiger partial charge on any atom is -0.456 e. The predicted molar refractivity (Wildman–Crippen MR) is 230 cm³/mol. The minimum absolute atomic E-state index is 0.567. The van der Waals surface area contributed by atoms with E-state index in [4.69, 9.17) is 23.8 Å². The zero-order chi connectivity index (χ0) is 37.5. The van der Waals surface area contributed by atoms with E-state index in [-0.39, 0.29) is 0 Å². The second-order valence-corrected chi connectivity index (χ2v) is 14.3. The van der Waals surface area contributed by atoms with Gasteiger partial charge in [-0.1, -0.05) is 133 Å². The number of furan rings is 2. The number of nitrogens with zero attached hydrogens (tertiary/aromatic N) is 4. The summed E-state index contributed by atoms with van der Waals surface area (Å²) >= 11 is 0. The van der Waals surface area contributed by atoms with Gasteiger partial charge in [-0.15, -0.1) is 0 Å². The number of rotatable bonds is 5. The van der Waals surface area contributed by atoms with E-state index in [2.05, 4.69) is 114 Å². The van der Waals surface area contributed by atoms with Gasteiger partial charge in [0.05, 0.1) is 22.1 Å². The largest absolute Gasteiger partial charge is 0.456 e. The third-order valence-electron chi connectivity index (χ3n) is 11.1. The summed E-state index contributed by atoms with van der Waals surface area (Å²) in [6.45, 7) is 0. The molecule has 57 heavy (non-hydrogen) atoms. The summed E-state index contributed by atoms with van der Waals surface area (Å²) in [4.78, 5) is 15.5. The van der Waals surface area contributed by atoms with E-state index >= 15 is 0 Å². The molecule has 12 aromatic rings. The van der Waals surface area contributed by atoms with Crippen LogP contribution in [-0.2, 0) is 0 Å². The lowest BCUT2D eigenvalue weighted by Gasteiger charge is -2.16. The smallest absolute Gasteiger partial charge is 0.166 e. The Bertz CT molecular complexity index is 3410. The predicted octanol–water partition coefficient (Wildman–Crippen LogP) is 13.4. The Morgan fingerprint density at radius 2 is 0.877 bits per heavy atom. The fraction of sp³-hybridized carbons (Fsp3) is 0. The van der Waals surface area contributed by atoms with Crippen molar-refractivity contribution in [3.8, 4) is 51.0 Å². The normalized spacial score (nSPS) is 11.9. The number of para-hydroxylation sites is 3. The molecule has 4 heterocycles. The highest BCUT2D eigenvalue weighted by Crippen LogP contribution is 2.46. The van der Waals surface area contributed by atoms with Crippen molar-refractivity contribution in [1.29, 1.82) is 0 Å². The highest BCUT2D eigenvalue weighted by molar-refractivity contribution is 6.20. The molecule has 0 bridgehead atoms. The monoisotopic (exact) mass is 730 g/mol. The quantitative estimate of drug-likeness (QED) is 0.176. The summed E-state index contributed by atoms with van der Waals surface area (Å²) in [7, 11) is 0. The van der Waals surface area contributed by atoms with Gasteiger partial charge < -0.3 is 13.4 Å². The van der Waals surface area contributed by atoms with Crippen LogP contribution in [0.5, 0.6) is 0 Å². The van der Waals surface area contributed by atoms with Gasteiger partial charge in [-0.25, -0.2) is 15.0 Å². The maximum absolute atomic E-state index is 6.80. The van der Waals surface area contributed by atoms with Gasteiger partial charge in [0.2, 0.25) is 0 Å². The van der Waals surface area contributed by atoms with Crippen molar-refractivity contribution >= 4 is 65.7 Å². The van der Waals surface area contributed by atoms with Crippen molar-refractivity contribution in [1.82, 2.24) is 19.5 Å². The van der Waals surface area contributed by atoms with Gasteiger partial charge in [-0.2, -0.15) is 0 Å². The van der Waals surface area contributed by atoms with Crippen molar-refractivity contribution in [2.75, 3.05) is 0 Å². The first-order valence-electron chi connectivity index (χ1n) is 19.0. The number of hydrogen-bond donors (Lipinski definition) is 0. The first kappa shape index (κ1) is 31.5. The zero-order valence-electron chi connectivity index (χ0n) is 30.4. The van der Waals surface area contributed by atoms with Crippen LogP contribution in [0.4, 0.5) is 0 Å². The third-order valence-corrected chi connectivity index (χ3v) is 11.1. The lowest BCUT2D eigenvalue weighted by Crippen LogP contribution is -2.04. The molecule has 0 fully saturated rings. The lowest BCUT2D eigenvalue weighted by atomic mass is 9.96. The van der Waals surface area contributed by atoms with Crippen LogP contribution in [0.25, 0.3) is 117 Å². The topological polar surface area (TPSA) is 69.9 Å². The molecule has 0 N–H and O–H groups in total. The Morgan fingerprint density at radius 1 is 0.333 bits per heavy atom. The Kier molecular flexibility index (Phi) is 6.83. The number of hydrogen-bond acceptors (Lipinski definition) is 5. The van der Waals surface area contributed by atoms with Gasteiger partial charge in [0.25, 0.3) is 0 Å². The molecule has 0 spiro atoms. The van der Waals surface area contributed by atoms with Crippen molar-refractivity contribution in [2.24, 2.45) is 0 Å². The number of fused-ring (bicyclic) bond motifs is 9. The summed E-state index contributed by atoms with van der Waals surface area (Å²) in [6, 6.07) is 62.5. The van der Waals surface area contributed by atoms with Crippen LogP contribution < -0.4 is 0 Å². The van der Waals surface area contributed by atoms with E-state index in [1.807, 2.05) is 72.8 Å². The molecule has 12 rings (SSSR count). The summed E-state index contributed by atoms with van der Waals surface area (Å²) in [6.07, 6.45) is 0. The Hall–Kier alpha value is -7.83. The fourth-order valence-electron chi connectivity index (χ4n) is 8.53. The molecule has 0 saturated heterocycles. The second-order valence-electron chi connectivity index (χ2n) is 14.3. The zero-order valence-corrected chi connectivity index (χ0v) is 30.4. The van der Waals surface area contributed by atoms with Crippen LogP contribution in [-0.4, -0.2) is 19.5 Å². The first-order valence-corrected chi connectivity index (χ1v) is 19.0. The summed E-state index contributed by atoms with van der Waals surface area (Å²) in [5.74, 6) is 1.77. The van der Waals surface area contributed by atoms with Crippen LogP contribution in [0.3, 0.4) is 0 Å². The van der Waals surface area contributed by atoms with Crippen molar-refractivity contribution < 1.29 is 8.83 Å². The molecule has 0 aliphatic carbocycles. The van der Waals surface area contributed by atoms with Gasteiger partial charge in [-0.05, 0) is 59.7 Å². The SMILES string of the molecule is c1ccc(-c2nc(-c3ccccc3)nc(-c3ccc4oc5cccc(-c6ccc7c(c6)oc6ccccc67)c5c4c3-n3c4ccccc4c4ccccc43)n2)cc1. The average Bonchev–Trinajstić information content (AvgIpc) is 3.96. The van der Waals surface area contributed by atoms with E-state index in [0.717, 1.165) is 99.2 Å². The molecule has 6 nitrogen and oxygen atoms in total. The molecule has 0 radical (unpaired) electrons. The average molecular weight is 731 g/mol. The molecule has 266 valence electrons. The second kappa shape index (κ2) is 12.3. The number of aromatic nitrogens is 4.